The first-order valence-corrected chi connectivity index (χ1v) is 6.40. The molecule has 0 N–H and O–H groups in total. The first kappa shape index (κ1) is 13.1. The number of carbonyl (C=O) groups is 1. The third kappa shape index (κ3) is 2.31. The lowest BCUT2D eigenvalue weighted by Gasteiger charge is -2.09. The van der Waals surface area contributed by atoms with Crippen LogP contribution >= 0.6 is 0 Å². The number of carbonyl (C=O) groups excluding carboxylic acids is 1. The average molecular weight is 283 g/mol. The molecule has 0 spiro atoms. The van der Waals surface area contributed by atoms with Gasteiger partial charge in [0.15, 0.2) is 5.65 Å². The summed E-state index contributed by atoms with van der Waals surface area (Å²) < 4.78 is 7.75. The van der Waals surface area contributed by atoms with E-state index in [-0.39, 0.29) is 11.1 Å². The van der Waals surface area contributed by atoms with Gasteiger partial charge >= 0.3 is 5.97 Å². The Kier molecular flexibility index (Phi) is 3.27. The van der Waals surface area contributed by atoms with Gasteiger partial charge in [-0.25, -0.2) is 4.79 Å². The van der Waals surface area contributed by atoms with Crippen LogP contribution in [0.25, 0.3) is 5.65 Å². The van der Waals surface area contributed by atoms with E-state index in [1.807, 2.05) is 30.3 Å². The predicted molar refractivity (Wildman–Crippen MR) is 76.3 cm³/mol. The zero-order chi connectivity index (χ0) is 14.8. The van der Waals surface area contributed by atoms with Gasteiger partial charge in [-0.2, -0.15) is 9.61 Å². The lowest BCUT2D eigenvalue weighted by molar-refractivity contribution is 0.0602. The van der Waals surface area contributed by atoms with Gasteiger partial charge in [-0.1, -0.05) is 30.3 Å². The largest absolute Gasteiger partial charge is 0.465 e. The molecule has 0 saturated carbocycles. The van der Waals surface area contributed by atoms with Crippen LogP contribution in [0.4, 0.5) is 0 Å². The van der Waals surface area contributed by atoms with Gasteiger partial charge in [-0.05, 0) is 5.56 Å². The van der Waals surface area contributed by atoms with Gasteiger partial charge in [0.1, 0.15) is 5.56 Å². The van der Waals surface area contributed by atoms with Gasteiger partial charge in [0.2, 0.25) is 0 Å². The van der Waals surface area contributed by atoms with Crippen LogP contribution in [0, 0.1) is 0 Å². The summed E-state index contributed by atoms with van der Waals surface area (Å²) in [5.41, 5.74) is 1.47. The fraction of sp³-hybridized carbons (Fsp3) is 0.133. The molecular formula is C15H13N3O3. The first-order valence-electron chi connectivity index (χ1n) is 6.40. The lowest BCUT2D eigenvalue weighted by atomic mass is 10.2. The second-order valence-electron chi connectivity index (χ2n) is 4.55. The first-order chi connectivity index (χ1) is 10.2. The highest BCUT2D eigenvalue weighted by molar-refractivity contribution is 5.95. The second-order valence-corrected chi connectivity index (χ2v) is 4.55. The van der Waals surface area contributed by atoms with Crippen LogP contribution in [-0.2, 0) is 11.3 Å². The van der Waals surface area contributed by atoms with E-state index in [0.29, 0.717) is 12.2 Å². The maximum absolute atomic E-state index is 11.8. The maximum Gasteiger partial charge on any atom is 0.343 e. The third-order valence-corrected chi connectivity index (χ3v) is 3.22. The molecule has 0 aliphatic carbocycles. The predicted octanol–water partition coefficient (Wildman–Crippen LogP) is 1.33. The molecule has 0 aliphatic rings. The van der Waals surface area contributed by atoms with Gasteiger partial charge in [-0.15, -0.1) is 0 Å². The molecule has 0 saturated heterocycles. The zero-order valence-electron chi connectivity index (χ0n) is 11.4. The van der Waals surface area contributed by atoms with Crippen LogP contribution in [0.3, 0.4) is 0 Å². The summed E-state index contributed by atoms with van der Waals surface area (Å²) in [4.78, 5) is 23.7. The number of nitrogens with zero attached hydrogens (tertiary/aromatic N) is 3. The van der Waals surface area contributed by atoms with Crippen LogP contribution in [0.2, 0.25) is 0 Å². The summed E-state index contributed by atoms with van der Waals surface area (Å²) in [6.45, 7) is 0.528. The summed E-state index contributed by atoms with van der Waals surface area (Å²) in [6, 6.07) is 11.2. The molecule has 2 aromatic heterocycles. The number of fused-ring (bicyclic) bond motifs is 1. The van der Waals surface area contributed by atoms with E-state index in [2.05, 4.69) is 5.10 Å². The molecular weight excluding hydrogens is 270 g/mol. The monoisotopic (exact) mass is 283 g/mol. The van der Waals surface area contributed by atoms with Crippen molar-refractivity contribution in [3.63, 3.8) is 0 Å². The molecule has 0 unspecified atom stereocenters. The third-order valence-electron chi connectivity index (χ3n) is 3.22. The Hall–Kier alpha value is -2.89. The fourth-order valence-corrected chi connectivity index (χ4v) is 2.24. The van der Waals surface area contributed by atoms with E-state index in [1.54, 1.807) is 10.8 Å². The van der Waals surface area contributed by atoms with Gasteiger partial charge in [-0.3, -0.25) is 4.79 Å². The topological polar surface area (TPSA) is 65.6 Å². The van der Waals surface area contributed by atoms with Crippen LogP contribution in [0.15, 0.2) is 53.6 Å². The molecule has 0 atom stereocenters. The molecule has 6 nitrogen and oxygen atoms in total. The van der Waals surface area contributed by atoms with Crippen molar-refractivity contribution in [3.05, 3.63) is 70.3 Å². The molecule has 1 aromatic carbocycles. The molecule has 0 aliphatic heterocycles. The van der Waals surface area contributed by atoms with E-state index in [4.69, 9.17) is 4.74 Å². The number of hydrogen-bond acceptors (Lipinski definition) is 4. The minimum Gasteiger partial charge on any atom is -0.465 e. The quantitative estimate of drug-likeness (QED) is 0.680. The van der Waals surface area contributed by atoms with Crippen LogP contribution in [-0.4, -0.2) is 27.3 Å². The number of rotatable bonds is 3. The molecule has 0 fully saturated rings. The molecule has 0 radical (unpaired) electrons. The smallest absolute Gasteiger partial charge is 0.343 e. The van der Waals surface area contributed by atoms with Crippen LogP contribution < -0.4 is 5.56 Å². The van der Waals surface area contributed by atoms with Crippen molar-refractivity contribution >= 4 is 11.6 Å². The highest BCUT2D eigenvalue weighted by atomic mass is 16.5. The van der Waals surface area contributed by atoms with Crippen molar-refractivity contribution in [2.24, 2.45) is 0 Å². The molecule has 2 heterocycles. The van der Waals surface area contributed by atoms with Gasteiger partial charge < -0.3 is 9.30 Å². The van der Waals surface area contributed by atoms with Gasteiger partial charge in [0.05, 0.1) is 13.3 Å². The number of hydrogen-bond donors (Lipinski definition) is 0. The van der Waals surface area contributed by atoms with E-state index in [1.165, 1.54) is 23.9 Å². The SMILES string of the molecule is COC(=O)c1cnn2c(=O)ccn(Cc3ccccc3)c12. The van der Waals surface area contributed by atoms with E-state index in [9.17, 15) is 9.59 Å². The van der Waals surface area contributed by atoms with Crippen molar-refractivity contribution in [1.82, 2.24) is 14.2 Å². The Bertz CT molecular complexity index is 849. The highest BCUT2D eigenvalue weighted by Crippen LogP contribution is 2.12. The van der Waals surface area contributed by atoms with Gasteiger partial charge in [0, 0.05) is 18.8 Å². The van der Waals surface area contributed by atoms with E-state index < -0.39 is 5.97 Å². The Labute approximate surface area is 120 Å². The zero-order valence-corrected chi connectivity index (χ0v) is 11.4. The van der Waals surface area contributed by atoms with Crippen molar-refractivity contribution in [2.75, 3.05) is 7.11 Å². The van der Waals surface area contributed by atoms with Crippen molar-refractivity contribution < 1.29 is 9.53 Å². The number of aromatic nitrogens is 3. The maximum atomic E-state index is 11.8. The standard InChI is InChI=1S/C15H13N3O3/c1-21-15(20)12-9-16-18-13(19)7-8-17(14(12)18)10-11-5-3-2-4-6-11/h2-9H,10H2,1H3. The average Bonchev–Trinajstić information content (AvgIpc) is 2.96. The lowest BCUT2D eigenvalue weighted by Crippen LogP contribution is -2.18. The summed E-state index contributed by atoms with van der Waals surface area (Å²) in [5.74, 6) is -0.516. The Morgan fingerprint density at radius 3 is 2.71 bits per heavy atom. The number of methoxy groups -OCH3 is 1. The molecule has 0 bridgehead atoms. The Morgan fingerprint density at radius 2 is 2.00 bits per heavy atom. The van der Waals surface area contributed by atoms with E-state index in [0.717, 1.165) is 5.56 Å². The van der Waals surface area contributed by atoms with Crippen LogP contribution in [0.5, 0.6) is 0 Å². The highest BCUT2D eigenvalue weighted by Gasteiger charge is 2.17. The Balaban J connectivity index is 2.18. The van der Waals surface area contributed by atoms with E-state index >= 15 is 0 Å². The molecule has 106 valence electrons. The molecule has 6 heteroatoms. The molecule has 21 heavy (non-hydrogen) atoms. The molecule has 3 aromatic rings. The van der Waals surface area contributed by atoms with Crippen molar-refractivity contribution in [3.8, 4) is 0 Å². The number of esters is 1. The van der Waals surface area contributed by atoms with Crippen molar-refractivity contribution in [1.29, 1.82) is 0 Å². The summed E-state index contributed by atoms with van der Waals surface area (Å²) in [6.07, 6.45) is 3.00. The molecule has 3 rings (SSSR count). The van der Waals surface area contributed by atoms with Gasteiger partial charge in [0.25, 0.3) is 5.56 Å². The summed E-state index contributed by atoms with van der Waals surface area (Å²) in [5, 5.41) is 3.97. The fourth-order valence-electron chi connectivity index (χ4n) is 2.24. The van der Waals surface area contributed by atoms with Crippen molar-refractivity contribution in [2.45, 2.75) is 6.54 Å². The number of benzene rings is 1. The summed E-state index contributed by atoms with van der Waals surface area (Å²) >= 11 is 0. The number of ether oxygens (including phenoxy) is 1. The second kappa shape index (κ2) is 5.24. The Morgan fingerprint density at radius 1 is 1.24 bits per heavy atom. The normalized spacial score (nSPS) is 10.7. The summed E-state index contributed by atoms with van der Waals surface area (Å²) in [7, 11) is 1.30. The molecule has 0 amide bonds. The minimum absolute atomic E-state index is 0.270. The van der Waals surface area contributed by atoms with Crippen LogP contribution in [0.1, 0.15) is 15.9 Å². The minimum atomic E-state index is -0.516.